The number of carbonyl (C=O) groups is 2. The Balaban J connectivity index is 1.85. The summed E-state index contributed by atoms with van der Waals surface area (Å²) in [6.07, 6.45) is 0.821. The van der Waals surface area contributed by atoms with Gasteiger partial charge in [-0.3, -0.25) is 9.59 Å². The first-order chi connectivity index (χ1) is 13.0. The molecule has 0 unspecified atom stereocenters. The Labute approximate surface area is 157 Å². The number of para-hydroxylation sites is 2. The van der Waals surface area contributed by atoms with Crippen molar-refractivity contribution in [1.29, 1.82) is 0 Å². The van der Waals surface area contributed by atoms with Gasteiger partial charge in [0.05, 0.1) is 18.4 Å². The summed E-state index contributed by atoms with van der Waals surface area (Å²) in [4.78, 5) is 25.1. The summed E-state index contributed by atoms with van der Waals surface area (Å²) < 4.78 is 10.9. The zero-order valence-electron chi connectivity index (χ0n) is 15.5. The van der Waals surface area contributed by atoms with Gasteiger partial charge in [-0.05, 0) is 37.6 Å². The van der Waals surface area contributed by atoms with Gasteiger partial charge in [-0.2, -0.15) is 0 Å². The Morgan fingerprint density at radius 3 is 2.63 bits per heavy atom. The molecule has 0 fully saturated rings. The van der Waals surface area contributed by atoms with E-state index in [0.29, 0.717) is 22.6 Å². The van der Waals surface area contributed by atoms with Gasteiger partial charge in [0.2, 0.25) is 0 Å². The lowest BCUT2D eigenvalue weighted by molar-refractivity contribution is 0.0940. The van der Waals surface area contributed by atoms with Crippen molar-refractivity contribution < 1.29 is 18.7 Å². The maximum Gasteiger partial charge on any atom is 0.291 e. The third-order valence-electron chi connectivity index (χ3n) is 4.36. The van der Waals surface area contributed by atoms with E-state index in [1.165, 1.54) is 0 Å². The zero-order valence-corrected chi connectivity index (χ0v) is 15.5. The highest BCUT2D eigenvalue weighted by Crippen LogP contribution is 2.29. The molecule has 3 rings (SSSR count). The fraction of sp³-hybridized carbons (Fsp3) is 0.238. The van der Waals surface area contributed by atoms with Crippen LogP contribution in [0.3, 0.4) is 0 Å². The second-order valence-electron chi connectivity index (χ2n) is 6.27. The van der Waals surface area contributed by atoms with Gasteiger partial charge < -0.3 is 19.8 Å². The molecule has 1 heterocycles. The number of methoxy groups -OCH3 is 1. The monoisotopic (exact) mass is 366 g/mol. The number of nitrogens with one attached hydrogen (secondary N) is 2. The molecule has 3 aromatic rings. The van der Waals surface area contributed by atoms with E-state index < -0.39 is 5.91 Å². The largest absolute Gasteiger partial charge is 0.493 e. The molecule has 1 aromatic heterocycles. The van der Waals surface area contributed by atoms with Crippen LogP contribution in [-0.2, 0) is 0 Å². The van der Waals surface area contributed by atoms with E-state index in [1.54, 1.807) is 43.5 Å². The Bertz CT molecular complexity index is 977. The molecule has 6 heteroatoms. The summed E-state index contributed by atoms with van der Waals surface area (Å²) in [5.74, 6) is 0.0371. The highest BCUT2D eigenvalue weighted by atomic mass is 16.5. The van der Waals surface area contributed by atoms with Crippen LogP contribution in [0.25, 0.3) is 11.0 Å². The predicted octanol–water partition coefficient (Wildman–Crippen LogP) is 4.22. The number of ether oxygens (including phenoxy) is 1. The van der Waals surface area contributed by atoms with E-state index in [1.807, 2.05) is 26.0 Å². The highest BCUT2D eigenvalue weighted by Gasteiger charge is 2.18. The molecule has 2 N–H and O–H groups in total. The summed E-state index contributed by atoms with van der Waals surface area (Å²) >= 11 is 0. The fourth-order valence-corrected chi connectivity index (χ4v) is 2.69. The Kier molecular flexibility index (Phi) is 5.45. The summed E-state index contributed by atoms with van der Waals surface area (Å²) in [6, 6.07) is 14.0. The van der Waals surface area contributed by atoms with Crippen LogP contribution >= 0.6 is 0 Å². The van der Waals surface area contributed by atoms with Crippen molar-refractivity contribution in [3.05, 3.63) is 59.9 Å². The highest BCUT2D eigenvalue weighted by molar-refractivity contribution is 6.09. The van der Waals surface area contributed by atoms with Gasteiger partial charge >= 0.3 is 0 Å². The summed E-state index contributed by atoms with van der Waals surface area (Å²) in [6.45, 7) is 3.93. The Hall–Kier alpha value is -3.28. The minimum atomic E-state index is -0.433. The maximum atomic E-state index is 12.7. The van der Waals surface area contributed by atoms with Crippen molar-refractivity contribution in [2.75, 3.05) is 12.4 Å². The van der Waals surface area contributed by atoms with Crippen LogP contribution in [0.15, 0.2) is 52.9 Å². The number of hydrogen-bond acceptors (Lipinski definition) is 4. The number of furan rings is 1. The second-order valence-corrected chi connectivity index (χ2v) is 6.27. The smallest absolute Gasteiger partial charge is 0.291 e. The van der Waals surface area contributed by atoms with E-state index in [0.717, 1.165) is 11.8 Å². The Morgan fingerprint density at radius 2 is 1.89 bits per heavy atom. The summed E-state index contributed by atoms with van der Waals surface area (Å²) in [5.41, 5.74) is 1.34. The summed E-state index contributed by atoms with van der Waals surface area (Å²) in [5, 5.41) is 6.43. The zero-order chi connectivity index (χ0) is 19.4. The normalized spacial score (nSPS) is 11.8. The number of hydrogen-bond donors (Lipinski definition) is 2. The molecule has 6 nitrogen and oxygen atoms in total. The molecule has 0 spiro atoms. The average molecular weight is 366 g/mol. The molecule has 0 saturated heterocycles. The van der Waals surface area contributed by atoms with Crippen LogP contribution in [0.4, 0.5) is 5.69 Å². The van der Waals surface area contributed by atoms with Crippen molar-refractivity contribution in [3.8, 4) is 5.75 Å². The topological polar surface area (TPSA) is 80.6 Å². The average Bonchev–Trinajstić information content (AvgIpc) is 3.12. The van der Waals surface area contributed by atoms with Crippen molar-refractivity contribution >= 4 is 28.5 Å². The maximum absolute atomic E-state index is 12.7. The molecule has 1 atom stereocenters. The molecule has 27 heavy (non-hydrogen) atoms. The van der Waals surface area contributed by atoms with Crippen LogP contribution < -0.4 is 15.4 Å². The van der Waals surface area contributed by atoms with Gasteiger partial charge in [0, 0.05) is 11.4 Å². The molecule has 0 bridgehead atoms. The van der Waals surface area contributed by atoms with Crippen molar-refractivity contribution in [1.82, 2.24) is 5.32 Å². The second kappa shape index (κ2) is 7.95. The van der Waals surface area contributed by atoms with Crippen molar-refractivity contribution in [2.45, 2.75) is 26.3 Å². The first-order valence-electron chi connectivity index (χ1n) is 8.81. The molecule has 2 aromatic carbocycles. The van der Waals surface area contributed by atoms with Gasteiger partial charge in [0.15, 0.2) is 17.1 Å². The first-order valence-corrected chi connectivity index (χ1v) is 8.81. The first kappa shape index (κ1) is 18.5. The molecule has 0 saturated carbocycles. The van der Waals surface area contributed by atoms with E-state index in [2.05, 4.69) is 10.6 Å². The van der Waals surface area contributed by atoms with Crippen LogP contribution in [0.5, 0.6) is 5.75 Å². The quantitative estimate of drug-likeness (QED) is 0.684. The third-order valence-corrected chi connectivity index (χ3v) is 4.36. The minimum Gasteiger partial charge on any atom is -0.493 e. The van der Waals surface area contributed by atoms with E-state index in [9.17, 15) is 9.59 Å². The third kappa shape index (κ3) is 3.95. The molecule has 0 aliphatic carbocycles. The van der Waals surface area contributed by atoms with Crippen LogP contribution in [0, 0.1) is 0 Å². The van der Waals surface area contributed by atoms with Crippen molar-refractivity contribution in [2.24, 2.45) is 0 Å². The van der Waals surface area contributed by atoms with Gasteiger partial charge in [-0.15, -0.1) is 0 Å². The van der Waals surface area contributed by atoms with Gasteiger partial charge in [-0.1, -0.05) is 31.2 Å². The number of amides is 2. The fourth-order valence-electron chi connectivity index (χ4n) is 2.69. The van der Waals surface area contributed by atoms with E-state index >= 15 is 0 Å². The number of carbonyl (C=O) groups excluding carboxylic acids is 2. The molecular formula is C21H22N2O4. The predicted molar refractivity (Wildman–Crippen MR) is 104 cm³/mol. The van der Waals surface area contributed by atoms with E-state index in [-0.39, 0.29) is 17.7 Å². The molecule has 0 aliphatic rings. The lowest BCUT2D eigenvalue weighted by atomic mass is 10.1. The van der Waals surface area contributed by atoms with Crippen molar-refractivity contribution in [3.63, 3.8) is 0 Å². The number of rotatable bonds is 6. The minimum absolute atomic E-state index is 0.0455. The van der Waals surface area contributed by atoms with Gasteiger partial charge in [0.25, 0.3) is 11.8 Å². The molecular weight excluding hydrogens is 344 g/mol. The molecule has 140 valence electrons. The SMILES string of the molecule is CC[C@@H](C)NC(=O)c1ccccc1NC(=O)c1cc2cccc(OC)c2o1. The molecule has 0 aliphatic heterocycles. The molecule has 0 radical (unpaired) electrons. The standard InChI is InChI=1S/C21H22N2O4/c1-4-13(2)22-20(24)15-9-5-6-10-16(15)23-21(25)18-12-14-8-7-11-17(26-3)19(14)27-18/h5-13H,4H2,1-3H3,(H,22,24)(H,23,25)/t13-/m1/s1. The summed E-state index contributed by atoms with van der Waals surface area (Å²) in [7, 11) is 1.54. The molecule has 2 amide bonds. The Morgan fingerprint density at radius 1 is 1.11 bits per heavy atom. The van der Waals surface area contributed by atoms with Crippen LogP contribution in [0.1, 0.15) is 41.2 Å². The van der Waals surface area contributed by atoms with Crippen LogP contribution in [0.2, 0.25) is 0 Å². The van der Waals surface area contributed by atoms with E-state index in [4.69, 9.17) is 9.15 Å². The van der Waals surface area contributed by atoms with Gasteiger partial charge in [0.1, 0.15) is 0 Å². The van der Waals surface area contributed by atoms with Crippen LogP contribution in [-0.4, -0.2) is 25.0 Å². The number of anilines is 1. The number of fused-ring (bicyclic) bond motifs is 1. The lowest BCUT2D eigenvalue weighted by Crippen LogP contribution is -2.32. The number of benzene rings is 2. The van der Waals surface area contributed by atoms with Gasteiger partial charge in [-0.25, -0.2) is 0 Å². The lowest BCUT2D eigenvalue weighted by Gasteiger charge is -2.14.